The highest BCUT2D eigenvalue weighted by Gasteiger charge is 2.25. The van der Waals surface area contributed by atoms with Gasteiger partial charge in [-0.1, -0.05) is 13.8 Å². The van der Waals surface area contributed by atoms with Crippen molar-refractivity contribution in [3.63, 3.8) is 0 Å². The van der Waals surface area contributed by atoms with Crippen molar-refractivity contribution in [2.24, 2.45) is 11.8 Å². The molecule has 3 nitrogen and oxygen atoms in total. The van der Waals surface area contributed by atoms with Crippen LogP contribution in [0.4, 0.5) is 0 Å². The average Bonchev–Trinajstić information content (AvgIpc) is 2.93. The molecule has 2 saturated heterocycles. The number of likely N-dealkylation sites (tertiary alicyclic amines) is 2. The topological polar surface area (TPSA) is 18.5 Å². The summed E-state index contributed by atoms with van der Waals surface area (Å²) in [7, 11) is 0. The van der Waals surface area contributed by atoms with Crippen LogP contribution in [0.2, 0.25) is 0 Å². The zero-order valence-electron chi connectivity index (χ0n) is 13.2. The fraction of sp³-hybridized carbons (Fsp3) is 1.00. The molecule has 0 aromatic carbocycles. The first-order valence-corrected chi connectivity index (χ1v) is 8.41. The van der Waals surface area contributed by atoms with Crippen molar-refractivity contribution in [3.05, 3.63) is 0 Å². The van der Waals surface area contributed by atoms with Crippen molar-refractivity contribution < 1.29 is 0 Å². The molecule has 19 heavy (non-hydrogen) atoms. The molecule has 3 heteroatoms. The van der Waals surface area contributed by atoms with Crippen molar-refractivity contribution in [1.29, 1.82) is 0 Å². The minimum Gasteiger partial charge on any atom is -0.314 e. The fourth-order valence-electron chi connectivity index (χ4n) is 3.67. The Balaban J connectivity index is 1.67. The Hall–Kier alpha value is -0.120. The van der Waals surface area contributed by atoms with Gasteiger partial charge < -0.3 is 15.1 Å². The summed E-state index contributed by atoms with van der Waals surface area (Å²) >= 11 is 0. The SMILES string of the molecule is CCN1CCC(CNC(C)C2CCCN(CC)C2)C1. The van der Waals surface area contributed by atoms with E-state index in [9.17, 15) is 0 Å². The summed E-state index contributed by atoms with van der Waals surface area (Å²) in [5.41, 5.74) is 0. The monoisotopic (exact) mass is 267 g/mol. The maximum absolute atomic E-state index is 3.83. The molecule has 3 atom stereocenters. The van der Waals surface area contributed by atoms with Crippen molar-refractivity contribution in [3.8, 4) is 0 Å². The third kappa shape index (κ3) is 4.44. The number of rotatable bonds is 6. The molecule has 2 aliphatic heterocycles. The van der Waals surface area contributed by atoms with Gasteiger partial charge in [-0.2, -0.15) is 0 Å². The van der Waals surface area contributed by atoms with E-state index in [0.717, 1.165) is 11.8 Å². The average molecular weight is 267 g/mol. The maximum Gasteiger partial charge on any atom is 0.00793 e. The molecule has 0 radical (unpaired) electrons. The molecule has 0 saturated carbocycles. The van der Waals surface area contributed by atoms with E-state index in [2.05, 4.69) is 35.9 Å². The van der Waals surface area contributed by atoms with E-state index in [0.29, 0.717) is 6.04 Å². The summed E-state index contributed by atoms with van der Waals surface area (Å²) in [5.74, 6) is 1.74. The van der Waals surface area contributed by atoms with Gasteiger partial charge in [0.1, 0.15) is 0 Å². The van der Waals surface area contributed by atoms with E-state index in [1.165, 1.54) is 65.1 Å². The molecular formula is C16H33N3. The van der Waals surface area contributed by atoms with Crippen molar-refractivity contribution >= 4 is 0 Å². The van der Waals surface area contributed by atoms with Crippen molar-refractivity contribution in [2.75, 3.05) is 45.8 Å². The summed E-state index contributed by atoms with van der Waals surface area (Å²) in [4.78, 5) is 5.19. The van der Waals surface area contributed by atoms with E-state index >= 15 is 0 Å². The molecule has 0 aliphatic carbocycles. The van der Waals surface area contributed by atoms with Crippen LogP contribution in [0.3, 0.4) is 0 Å². The minimum atomic E-state index is 0.685. The molecule has 2 fully saturated rings. The highest BCUT2D eigenvalue weighted by Crippen LogP contribution is 2.20. The van der Waals surface area contributed by atoms with Gasteiger partial charge in [-0.25, -0.2) is 0 Å². The second-order valence-corrected chi connectivity index (χ2v) is 6.54. The van der Waals surface area contributed by atoms with E-state index in [1.807, 2.05) is 0 Å². The van der Waals surface area contributed by atoms with Crippen molar-refractivity contribution in [1.82, 2.24) is 15.1 Å². The Morgan fingerprint density at radius 3 is 2.47 bits per heavy atom. The van der Waals surface area contributed by atoms with E-state index in [4.69, 9.17) is 0 Å². The van der Waals surface area contributed by atoms with E-state index < -0.39 is 0 Å². The lowest BCUT2D eigenvalue weighted by atomic mass is 9.91. The van der Waals surface area contributed by atoms with Crippen molar-refractivity contribution in [2.45, 2.75) is 46.1 Å². The van der Waals surface area contributed by atoms with Crippen LogP contribution < -0.4 is 5.32 Å². The largest absolute Gasteiger partial charge is 0.314 e. The number of piperidine rings is 1. The predicted octanol–water partition coefficient (Wildman–Crippen LogP) is 2.04. The van der Waals surface area contributed by atoms with E-state index in [1.54, 1.807) is 0 Å². The zero-order chi connectivity index (χ0) is 13.7. The first-order valence-electron chi connectivity index (χ1n) is 8.41. The molecule has 2 heterocycles. The van der Waals surface area contributed by atoms with Crippen LogP contribution in [0, 0.1) is 11.8 Å². The Kier molecular flexibility index (Phi) is 6.11. The normalized spacial score (nSPS) is 31.7. The Morgan fingerprint density at radius 1 is 1.05 bits per heavy atom. The lowest BCUT2D eigenvalue weighted by molar-refractivity contribution is 0.155. The zero-order valence-corrected chi connectivity index (χ0v) is 13.2. The number of hydrogen-bond donors (Lipinski definition) is 1. The van der Waals surface area contributed by atoms with Crippen LogP contribution in [0.5, 0.6) is 0 Å². The Morgan fingerprint density at radius 2 is 1.79 bits per heavy atom. The molecule has 0 aromatic rings. The van der Waals surface area contributed by atoms with Gasteiger partial charge in [0, 0.05) is 19.1 Å². The Bertz CT molecular complexity index is 256. The van der Waals surface area contributed by atoms with Crippen LogP contribution in [0.1, 0.15) is 40.0 Å². The molecule has 1 N–H and O–H groups in total. The molecule has 112 valence electrons. The third-order valence-electron chi connectivity index (χ3n) is 5.24. The lowest BCUT2D eigenvalue weighted by Crippen LogP contribution is -2.45. The van der Waals surface area contributed by atoms with Gasteiger partial charge in [-0.05, 0) is 70.7 Å². The van der Waals surface area contributed by atoms with Crippen LogP contribution in [-0.4, -0.2) is 61.7 Å². The molecule has 0 aromatic heterocycles. The molecule has 2 rings (SSSR count). The molecule has 0 bridgehead atoms. The number of nitrogens with zero attached hydrogens (tertiary/aromatic N) is 2. The minimum absolute atomic E-state index is 0.685. The maximum atomic E-state index is 3.83. The number of hydrogen-bond acceptors (Lipinski definition) is 3. The van der Waals surface area contributed by atoms with Gasteiger partial charge in [-0.3, -0.25) is 0 Å². The van der Waals surface area contributed by atoms with Gasteiger partial charge in [0.15, 0.2) is 0 Å². The van der Waals surface area contributed by atoms with Crippen LogP contribution in [0.25, 0.3) is 0 Å². The smallest absolute Gasteiger partial charge is 0.00793 e. The molecular weight excluding hydrogens is 234 g/mol. The predicted molar refractivity (Wildman–Crippen MR) is 82.5 cm³/mol. The van der Waals surface area contributed by atoms with Gasteiger partial charge in [0.2, 0.25) is 0 Å². The second kappa shape index (κ2) is 7.61. The summed E-state index contributed by atoms with van der Waals surface area (Å²) < 4.78 is 0. The third-order valence-corrected chi connectivity index (χ3v) is 5.24. The van der Waals surface area contributed by atoms with Crippen LogP contribution >= 0.6 is 0 Å². The molecule has 0 spiro atoms. The summed E-state index contributed by atoms with van der Waals surface area (Å²) in [6.07, 6.45) is 4.19. The molecule has 2 aliphatic rings. The Labute approximate surface area is 119 Å². The second-order valence-electron chi connectivity index (χ2n) is 6.54. The lowest BCUT2D eigenvalue weighted by Gasteiger charge is -2.35. The van der Waals surface area contributed by atoms with Gasteiger partial charge in [0.05, 0.1) is 0 Å². The van der Waals surface area contributed by atoms with Crippen LogP contribution in [0.15, 0.2) is 0 Å². The molecule has 0 amide bonds. The molecule has 3 unspecified atom stereocenters. The van der Waals surface area contributed by atoms with E-state index in [-0.39, 0.29) is 0 Å². The highest BCUT2D eigenvalue weighted by molar-refractivity contribution is 4.82. The quantitative estimate of drug-likeness (QED) is 0.794. The first-order chi connectivity index (χ1) is 9.22. The number of nitrogens with one attached hydrogen (secondary N) is 1. The van der Waals surface area contributed by atoms with Gasteiger partial charge in [-0.15, -0.1) is 0 Å². The highest BCUT2D eigenvalue weighted by atomic mass is 15.2. The van der Waals surface area contributed by atoms with Gasteiger partial charge in [0.25, 0.3) is 0 Å². The summed E-state index contributed by atoms with van der Waals surface area (Å²) in [6.45, 7) is 15.9. The van der Waals surface area contributed by atoms with Gasteiger partial charge >= 0.3 is 0 Å². The summed E-state index contributed by atoms with van der Waals surface area (Å²) in [6, 6.07) is 0.685. The summed E-state index contributed by atoms with van der Waals surface area (Å²) in [5, 5.41) is 3.83. The fourth-order valence-corrected chi connectivity index (χ4v) is 3.67. The van der Waals surface area contributed by atoms with Crippen LogP contribution in [-0.2, 0) is 0 Å². The first kappa shape index (κ1) is 15.3. The standard InChI is InChI=1S/C16H33N3/c1-4-18-9-6-7-16(13-18)14(3)17-11-15-8-10-19(5-2)12-15/h14-17H,4-13H2,1-3H3.